The fourth-order valence-corrected chi connectivity index (χ4v) is 3.85. The van der Waals surface area contributed by atoms with Crippen molar-refractivity contribution in [2.24, 2.45) is 0 Å². The van der Waals surface area contributed by atoms with Gasteiger partial charge in [0, 0.05) is 21.8 Å². The lowest BCUT2D eigenvalue weighted by Gasteiger charge is -2.16. The molecule has 2 heterocycles. The second-order valence-corrected chi connectivity index (χ2v) is 7.84. The molecule has 0 aliphatic carbocycles. The lowest BCUT2D eigenvalue weighted by atomic mass is 10.1. The number of para-hydroxylation sites is 1. The van der Waals surface area contributed by atoms with Crippen LogP contribution in [0.1, 0.15) is 40.0 Å². The van der Waals surface area contributed by atoms with Gasteiger partial charge in [0.05, 0.1) is 6.54 Å². The van der Waals surface area contributed by atoms with Gasteiger partial charge in [0.15, 0.2) is 12.7 Å². The van der Waals surface area contributed by atoms with Crippen LogP contribution in [0.4, 0.5) is 0 Å². The monoisotopic (exact) mass is 411 g/mol. The van der Waals surface area contributed by atoms with Crippen molar-refractivity contribution in [2.45, 2.75) is 39.8 Å². The van der Waals surface area contributed by atoms with Gasteiger partial charge in [0.1, 0.15) is 5.75 Å². The number of carbonyl (C=O) groups is 2. The first-order valence-corrected chi connectivity index (χ1v) is 10.5. The van der Waals surface area contributed by atoms with E-state index < -0.39 is 12.1 Å². The second kappa shape index (κ2) is 9.56. The topological polar surface area (TPSA) is 57.5 Å². The zero-order chi connectivity index (χ0) is 20.8. The number of thiophene rings is 1. The molecular formula is C23H25NO4S. The number of rotatable bonds is 9. The minimum Gasteiger partial charge on any atom is -0.479 e. The van der Waals surface area contributed by atoms with Gasteiger partial charge in [-0.3, -0.25) is 4.79 Å². The third kappa shape index (κ3) is 5.15. The number of aryl methyl sites for hydroxylation is 1. The maximum atomic E-state index is 12.7. The summed E-state index contributed by atoms with van der Waals surface area (Å²) < 4.78 is 13.1. The lowest BCUT2D eigenvalue weighted by Crippen LogP contribution is -2.30. The molecule has 0 amide bonds. The number of hydrogen-bond donors (Lipinski definition) is 0. The average Bonchev–Trinajstić information content (AvgIpc) is 3.34. The Morgan fingerprint density at radius 2 is 1.86 bits per heavy atom. The van der Waals surface area contributed by atoms with Gasteiger partial charge in [0.25, 0.3) is 0 Å². The number of benzene rings is 1. The zero-order valence-corrected chi connectivity index (χ0v) is 17.7. The number of ether oxygens (including phenoxy) is 2. The summed E-state index contributed by atoms with van der Waals surface area (Å²) in [6, 6.07) is 15.1. The van der Waals surface area contributed by atoms with E-state index in [2.05, 4.69) is 10.6 Å². The molecule has 5 nitrogen and oxygen atoms in total. The number of carbonyl (C=O) groups excluding carboxylic acids is 2. The molecule has 0 fully saturated rings. The molecule has 152 valence electrons. The predicted octanol–water partition coefficient (Wildman–Crippen LogP) is 4.80. The Labute approximate surface area is 174 Å². The number of aromatic nitrogens is 1. The van der Waals surface area contributed by atoms with Gasteiger partial charge in [-0.05, 0) is 49.9 Å². The second-order valence-electron chi connectivity index (χ2n) is 6.81. The van der Waals surface area contributed by atoms with Gasteiger partial charge in [-0.1, -0.05) is 31.2 Å². The van der Waals surface area contributed by atoms with Crippen LogP contribution in [0.5, 0.6) is 5.75 Å². The largest absolute Gasteiger partial charge is 0.479 e. The summed E-state index contributed by atoms with van der Waals surface area (Å²) >= 11 is 1.68. The van der Waals surface area contributed by atoms with Crippen molar-refractivity contribution in [1.82, 2.24) is 4.57 Å². The fourth-order valence-electron chi connectivity index (χ4n) is 3.15. The van der Waals surface area contributed by atoms with Gasteiger partial charge in [-0.15, -0.1) is 11.3 Å². The molecule has 3 aromatic rings. The lowest BCUT2D eigenvalue weighted by molar-refractivity contribution is -0.150. The van der Waals surface area contributed by atoms with Crippen molar-refractivity contribution >= 4 is 23.1 Å². The van der Waals surface area contributed by atoms with Crippen LogP contribution < -0.4 is 4.74 Å². The van der Waals surface area contributed by atoms with Crippen LogP contribution in [0.2, 0.25) is 0 Å². The Bertz CT molecular complexity index is 960. The molecule has 1 aromatic carbocycles. The Morgan fingerprint density at radius 1 is 1.10 bits per heavy atom. The Hall–Kier alpha value is -2.86. The predicted molar refractivity (Wildman–Crippen MR) is 114 cm³/mol. The van der Waals surface area contributed by atoms with Gasteiger partial charge in [-0.25, -0.2) is 4.79 Å². The summed E-state index contributed by atoms with van der Waals surface area (Å²) in [7, 11) is 0. The first-order chi connectivity index (χ1) is 14.0. The maximum Gasteiger partial charge on any atom is 0.347 e. The molecular weight excluding hydrogens is 386 g/mol. The Morgan fingerprint density at radius 3 is 2.52 bits per heavy atom. The van der Waals surface area contributed by atoms with Crippen LogP contribution >= 0.6 is 11.3 Å². The normalized spacial score (nSPS) is 11.8. The van der Waals surface area contributed by atoms with Crippen LogP contribution in [0.3, 0.4) is 0 Å². The standard InChI is InChI=1S/C23H25NO4S/c1-4-22(28-18-9-6-5-7-10-18)23(26)27-15-21(25)20-13-16(2)24(17(20)3)14-19-11-8-12-29-19/h5-13,22H,4,14-15H2,1-3H3/t22-/m0/s1. The summed E-state index contributed by atoms with van der Waals surface area (Å²) in [4.78, 5) is 26.3. The number of ketones is 1. The molecule has 1 atom stereocenters. The molecule has 0 bridgehead atoms. The highest BCUT2D eigenvalue weighted by atomic mass is 32.1. The third-order valence-corrected chi connectivity index (χ3v) is 5.63. The molecule has 0 aliphatic rings. The minimum atomic E-state index is -0.739. The SMILES string of the molecule is CC[C@H](Oc1ccccc1)C(=O)OCC(=O)c1cc(C)n(Cc2cccs2)c1C. The molecule has 2 aromatic heterocycles. The molecule has 0 aliphatic heterocycles. The van der Waals surface area contributed by atoms with E-state index in [9.17, 15) is 9.59 Å². The van der Waals surface area contributed by atoms with Crippen LogP contribution in [0.15, 0.2) is 53.9 Å². The van der Waals surface area contributed by atoms with E-state index in [1.54, 1.807) is 23.5 Å². The van der Waals surface area contributed by atoms with Gasteiger partial charge in [-0.2, -0.15) is 0 Å². The highest BCUT2D eigenvalue weighted by Gasteiger charge is 2.23. The molecule has 29 heavy (non-hydrogen) atoms. The van der Waals surface area contributed by atoms with Crippen LogP contribution in [0, 0.1) is 13.8 Å². The highest BCUT2D eigenvalue weighted by Crippen LogP contribution is 2.20. The molecule has 0 N–H and O–H groups in total. The van der Waals surface area contributed by atoms with E-state index in [1.165, 1.54) is 4.88 Å². The molecule has 6 heteroatoms. The van der Waals surface area contributed by atoms with Crippen molar-refractivity contribution in [3.63, 3.8) is 0 Å². The van der Waals surface area contributed by atoms with E-state index in [0.29, 0.717) is 17.7 Å². The van der Waals surface area contributed by atoms with Crippen LogP contribution in [-0.2, 0) is 16.1 Å². The van der Waals surface area contributed by atoms with Crippen LogP contribution in [0.25, 0.3) is 0 Å². The summed E-state index contributed by atoms with van der Waals surface area (Å²) in [5.41, 5.74) is 2.47. The first kappa shape index (κ1) is 20.9. The molecule has 0 radical (unpaired) electrons. The smallest absolute Gasteiger partial charge is 0.347 e. The minimum absolute atomic E-state index is 0.210. The molecule has 0 saturated heterocycles. The van der Waals surface area contributed by atoms with E-state index in [4.69, 9.17) is 9.47 Å². The Kier molecular flexibility index (Phi) is 6.88. The summed E-state index contributed by atoms with van der Waals surface area (Å²) in [6.07, 6.45) is -0.284. The number of nitrogens with zero attached hydrogens (tertiary/aromatic N) is 1. The fraction of sp³-hybridized carbons (Fsp3) is 0.304. The number of Topliss-reactive ketones (excluding diaryl/α,β-unsaturated/α-hetero) is 1. The van der Waals surface area contributed by atoms with Gasteiger partial charge >= 0.3 is 5.97 Å². The van der Waals surface area contributed by atoms with Crippen molar-refractivity contribution in [2.75, 3.05) is 6.61 Å². The van der Waals surface area contributed by atoms with Gasteiger partial charge in [0.2, 0.25) is 5.78 Å². The average molecular weight is 412 g/mol. The molecule has 0 saturated carbocycles. The van der Waals surface area contributed by atoms with E-state index in [0.717, 1.165) is 17.9 Å². The number of esters is 1. The molecule has 3 rings (SSSR count). The quantitative estimate of drug-likeness (QED) is 0.375. The summed E-state index contributed by atoms with van der Waals surface area (Å²) in [5, 5.41) is 2.04. The van der Waals surface area contributed by atoms with Crippen molar-refractivity contribution in [1.29, 1.82) is 0 Å². The maximum absolute atomic E-state index is 12.7. The van der Waals surface area contributed by atoms with Crippen LogP contribution in [-0.4, -0.2) is 29.0 Å². The summed E-state index contributed by atoms with van der Waals surface area (Å²) in [6.45, 7) is 6.17. The molecule has 0 spiro atoms. The third-order valence-electron chi connectivity index (χ3n) is 4.77. The first-order valence-electron chi connectivity index (χ1n) is 9.60. The van der Waals surface area contributed by atoms with Crippen molar-refractivity contribution < 1.29 is 19.1 Å². The van der Waals surface area contributed by atoms with E-state index >= 15 is 0 Å². The van der Waals surface area contributed by atoms with Gasteiger partial charge < -0.3 is 14.0 Å². The zero-order valence-electron chi connectivity index (χ0n) is 16.9. The molecule has 0 unspecified atom stereocenters. The van der Waals surface area contributed by atoms with E-state index in [-0.39, 0.29) is 12.4 Å². The van der Waals surface area contributed by atoms with E-state index in [1.807, 2.05) is 56.5 Å². The number of hydrogen-bond acceptors (Lipinski definition) is 5. The van der Waals surface area contributed by atoms with Crippen molar-refractivity contribution in [3.05, 3.63) is 75.7 Å². The van der Waals surface area contributed by atoms with Crippen molar-refractivity contribution in [3.8, 4) is 5.75 Å². The highest BCUT2D eigenvalue weighted by molar-refractivity contribution is 7.09. The summed E-state index contributed by atoms with van der Waals surface area (Å²) in [5.74, 6) is -0.143. The Balaban J connectivity index is 1.62.